The van der Waals surface area contributed by atoms with Crippen molar-refractivity contribution in [3.63, 3.8) is 0 Å². The molecule has 6 nitrogen and oxygen atoms in total. The zero-order valence-corrected chi connectivity index (χ0v) is 15.0. The Labute approximate surface area is 148 Å². The number of ether oxygens (including phenoxy) is 1. The van der Waals surface area contributed by atoms with Crippen LogP contribution in [0.25, 0.3) is 11.4 Å². The van der Waals surface area contributed by atoms with Crippen LogP contribution in [-0.4, -0.2) is 22.7 Å². The Bertz CT molecular complexity index is 733. The molecule has 1 amide bonds. The minimum Gasteiger partial charge on any atom is -0.365 e. The molecule has 3 rings (SSSR count). The Morgan fingerprint density at radius 1 is 1.36 bits per heavy atom. The Balaban J connectivity index is 1.84. The van der Waals surface area contributed by atoms with E-state index < -0.39 is 5.60 Å². The smallest absolute Gasteiger partial charge is 0.259 e. The van der Waals surface area contributed by atoms with E-state index in [0.717, 1.165) is 36.9 Å². The lowest BCUT2D eigenvalue weighted by Gasteiger charge is -2.24. The maximum Gasteiger partial charge on any atom is 0.259 e. The molecule has 6 heteroatoms. The first kappa shape index (κ1) is 17.6. The highest BCUT2D eigenvalue weighted by atomic mass is 16.5. The molecule has 0 saturated heterocycles. The maximum absolute atomic E-state index is 11.9. The van der Waals surface area contributed by atoms with Crippen molar-refractivity contribution >= 4 is 11.6 Å². The lowest BCUT2D eigenvalue weighted by Crippen LogP contribution is -2.26. The van der Waals surface area contributed by atoms with Gasteiger partial charge in [-0.2, -0.15) is 4.98 Å². The molecule has 1 fully saturated rings. The molecule has 0 bridgehead atoms. The molecule has 1 saturated carbocycles. The zero-order chi connectivity index (χ0) is 17.9. The second-order valence-corrected chi connectivity index (χ2v) is 6.78. The lowest BCUT2D eigenvalue weighted by atomic mass is 10.0. The van der Waals surface area contributed by atoms with Crippen molar-refractivity contribution in [2.75, 3.05) is 11.9 Å². The molecule has 25 heavy (non-hydrogen) atoms. The number of amides is 1. The Kier molecular flexibility index (Phi) is 5.18. The summed E-state index contributed by atoms with van der Waals surface area (Å²) in [5, 5.41) is 7.03. The van der Waals surface area contributed by atoms with Gasteiger partial charge in [-0.1, -0.05) is 31.1 Å². The molecular formula is C19H25N3O3. The van der Waals surface area contributed by atoms with Gasteiger partial charge in [-0.05, 0) is 44.7 Å². The number of nitrogens with zero attached hydrogens (tertiary/aromatic N) is 2. The van der Waals surface area contributed by atoms with Gasteiger partial charge in [0.2, 0.25) is 11.7 Å². The Morgan fingerprint density at radius 2 is 2.12 bits per heavy atom. The standard InChI is InChI=1S/C19H25N3O3/c1-4-24-19(10-5-6-11-19)18-21-16(22-25-18)14-8-7-9-15(12-14)20-17(23)13(2)3/h7-9,12-13H,4-6,10-11H2,1-3H3,(H,20,23). The molecule has 1 aliphatic carbocycles. The van der Waals surface area contributed by atoms with Crippen LogP contribution >= 0.6 is 0 Å². The fourth-order valence-corrected chi connectivity index (χ4v) is 3.19. The van der Waals surface area contributed by atoms with E-state index >= 15 is 0 Å². The molecule has 2 aromatic rings. The first-order valence-electron chi connectivity index (χ1n) is 8.93. The van der Waals surface area contributed by atoms with Crippen molar-refractivity contribution in [3.05, 3.63) is 30.2 Å². The molecule has 1 aromatic heterocycles. The van der Waals surface area contributed by atoms with Gasteiger partial charge in [0.15, 0.2) is 0 Å². The minimum absolute atomic E-state index is 0.0211. The maximum atomic E-state index is 11.9. The van der Waals surface area contributed by atoms with Crippen molar-refractivity contribution in [3.8, 4) is 11.4 Å². The highest BCUT2D eigenvalue weighted by Crippen LogP contribution is 2.41. The van der Waals surface area contributed by atoms with Crippen LogP contribution in [0.2, 0.25) is 0 Å². The van der Waals surface area contributed by atoms with Crippen molar-refractivity contribution in [1.82, 2.24) is 10.1 Å². The number of rotatable bonds is 6. The highest BCUT2D eigenvalue weighted by Gasteiger charge is 2.41. The fraction of sp³-hybridized carbons (Fsp3) is 0.526. The van der Waals surface area contributed by atoms with Crippen molar-refractivity contribution < 1.29 is 14.1 Å². The summed E-state index contributed by atoms with van der Waals surface area (Å²) in [6, 6.07) is 7.48. The summed E-state index contributed by atoms with van der Waals surface area (Å²) in [7, 11) is 0. The number of hydrogen-bond acceptors (Lipinski definition) is 5. The van der Waals surface area contributed by atoms with Crippen molar-refractivity contribution in [2.45, 2.75) is 52.1 Å². The van der Waals surface area contributed by atoms with E-state index in [-0.39, 0.29) is 11.8 Å². The summed E-state index contributed by atoms with van der Waals surface area (Å²) < 4.78 is 11.5. The molecule has 0 spiro atoms. The number of benzene rings is 1. The molecule has 0 aliphatic heterocycles. The van der Waals surface area contributed by atoms with Crippen LogP contribution in [-0.2, 0) is 15.1 Å². The molecule has 1 aromatic carbocycles. The van der Waals surface area contributed by atoms with E-state index in [4.69, 9.17) is 9.26 Å². The van der Waals surface area contributed by atoms with Gasteiger partial charge in [-0.3, -0.25) is 4.79 Å². The summed E-state index contributed by atoms with van der Waals surface area (Å²) in [5.41, 5.74) is 1.09. The normalized spacial score (nSPS) is 16.3. The van der Waals surface area contributed by atoms with Gasteiger partial charge in [0.05, 0.1) is 0 Å². The molecular weight excluding hydrogens is 318 g/mol. The van der Waals surface area contributed by atoms with E-state index in [1.165, 1.54) is 0 Å². The number of carbonyl (C=O) groups is 1. The molecule has 0 unspecified atom stereocenters. The van der Waals surface area contributed by atoms with Crippen LogP contribution < -0.4 is 5.32 Å². The summed E-state index contributed by atoms with van der Waals surface area (Å²) >= 11 is 0. The van der Waals surface area contributed by atoms with Crippen LogP contribution in [0.1, 0.15) is 52.3 Å². The molecule has 134 valence electrons. The molecule has 1 N–H and O–H groups in total. The van der Waals surface area contributed by atoms with Crippen LogP contribution in [0.5, 0.6) is 0 Å². The van der Waals surface area contributed by atoms with Gasteiger partial charge < -0.3 is 14.6 Å². The Hall–Kier alpha value is -2.21. The number of hydrogen-bond donors (Lipinski definition) is 1. The second-order valence-electron chi connectivity index (χ2n) is 6.78. The van der Waals surface area contributed by atoms with Gasteiger partial charge in [0.1, 0.15) is 5.60 Å². The average molecular weight is 343 g/mol. The third kappa shape index (κ3) is 3.74. The summed E-state index contributed by atoms with van der Waals surface area (Å²) in [6.45, 7) is 6.32. The van der Waals surface area contributed by atoms with Crippen LogP contribution in [0.4, 0.5) is 5.69 Å². The number of anilines is 1. The van der Waals surface area contributed by atoms with E-state index in [0.29, 0.717) is 18.3 Å². The minimum atomic E-state index is -0.441. The number of nitrogens with one attached hydrogen (secondary N) is 1. The SMILES string of the molecule is CCOC1(c2nc(-c3cccc(NC(=O)C(C)C)c3)no2)CCCC1. The summed E-state index contributed by atoms with van der Waals surface area (Å²) in [4.78, 5) is 16.5. The zero-order valence-electron chi connectivity index (χ0n) is 15.0. The van der Waals surface area contributed by atoms with E-state index in [1.54, 1.807) is 0 Å². The molecule has 0 atom stereocenters. The average Bonchev–Trinajstić information content (AvgIpc) is 3.25. The van der Waals surface area contributed by atoms with E-state index in [2.05, 4.69) is 15.5 Å². The third-order valence-corrected chi connectivity index (χ3v) is 4.56. The summed E-state index contributed by atoms with van der Waals surface area (Å²) in [5.74, 6) is 0.973. The lowest BCUT2D eigenvalue weighted by molar-refractivity contribution is -0.118. The van der Waals surface area contributed by atoms with Gasteiger partial charge >= 0.3 is 0 Å². The van der Waals surface area contributed by atoms with Crippen molar-refractivity contribution in [1.29, 1.82) is 0 Å². The molecule has 0 radical (unpaired) electrons. The first-order chi connectivity index (χ1) is 12.0. The largest absolute Gasteiger partial charge is 0.365 e. The van der Waals surface area contributed by atoms with Crippen molar-refractivity contribution in [2.24, 2.45) is 5.92 Å². The highest BCUT2D eigenvalue weighted by molar-refractivity contribution is 5.92. The van der Waals surface area contributed by atoms with Gasteiger partial charge in [0.25, 0.3) is 5.89 Å². The number of carbonyl (C=O) groups excluding carboxylic acids is 1. The van der Waals surface area contributed by atoms with Crippen LogP contribution in [0.3, 0.4) is 0 Å². The number of aromatic nitrogens is 2. The molecule has 1 heterocycles. The predicted molar refractivity (Wildman–Crippen MR) is 95.0 cm³/mol. The Morgan fingerprint density at radius 3 is 2.80 bits per heavy atom. The van der Waals surface area contributed by atoms with E-state index in [1.807, 2.05) is 45.0 Å². The summed E-state index contributed by atoms with van der Waals surface area (Å²) in [6.07, 6.45) is 4.03. The topological polar surface area (TPSA) is 77.2 Å². The van der Waals surface area contributed by atoms with Gasteiger partial charge in [-0.25, -0.2) is 0 Å². The van der Waals surface area contributed by atoms with Gasteiger partial charge in [-0.15, -0.1) is 0 Å². The fourth-order valence-electron chi connectivity index (χ4n) is 3.19. The third-order valence-electron chi connectivity index (χ3n) is 4.56. The van der Waals surface area contributed by atoms with Crippen LogP contribution in [0.15, 0.2) is 28.8 Å². The quantitative estimate of drug-likeness (QED) is 0.853. The van der Waals surface area contributed by atoms with Gasteiger partial charge in [0, 0.05) is 23.8 Å². The van der Waals surface area contributed by atoms with E-state index in [9.17, 15) is 4.79 Å². The van der Waals surface area contributed by atoms with Crippen LogP contribution in [0, 0.1) is 5.92 Å². The second kappa shape index (κ2) is 7.35. The molecule has 1 aliphatic rings. The monoisotopic (exact) mass is 343 g/mol. The predicted octanol–water partition coefficient (Wildman–Crippen LogP) is 4.14. The first-order valence-corrected chi connectivity index (χ1v) is 8.93.